The maximum Gasteiger partial charge on any atom is 0.236 e. The Morgan fingerprint density at radius 3 is 2.79 bits per heavy atom. The van der Waals surface area contributed by atoms with Crippen LogP contribution in [0.4, 0.5) is 5.13 Å². The van der Waals surface area contributed by atoms with Crippen LogP contribution < -0.4 is 10.1 Å². The van der Waals surface area contributed by atoms with Gasteiger partial charge in [0, 0.05) is 18.1 Å². The molecule has 29 heavy (non-hydrogen) atoms. The van der Waals surface area contributed by atoms with E-state index in [0.717, 1.165) is 5.75 Å². The van der Waals surface area contributed by atoms with E-state index in [1.807, 2.05) is 22.1 Å². The van der Waals surface area contributed by atoms with Crippen LogP contribution in [0.5, 0.6) is 5.75 Å². The van der Waals surface area contributed by atoms with E-state index in [1.54, 1.807) is 12.3 Å². The van der Waals surface area contributed by atoms with Crippen molar-refractivity contribution in [2.45, 2.75) is 38.1 Å². The molecule has 2 aromatic heterocycles. The minimum Gasteiger partial charge on any atom is -0.486 e. The van der Waals surface area contributed by atoms with Gasteiger partial charge in [0.1, 0.15) is 12.4 Å². The molecule has 3 rings (SSSR count). The lowest BCUT2D eigenvalue weighted by Gasteiger charge is -2.10. The summed E-state index contributed by atoms with van der Waals surface area (Å²) < 4.78 is 7.77. The van der Waals surface area contributed by atoms with Crippen LogP contribution in [0.25, 0.3) is 0 Å². The van der Waals surface area contributed by atoms with E-state index in [2.05, 4.69) is 53.1 Å². The standard InChI is InChI=1S/C20H23N5O2S2/c1-4-10-25-17(12-27-16-7-5-15(6-8-16)14(2)3)23-24-20(25)29-13-18(26)22-19-21-9-11-28-19/h4-9,11,14H,1,10,12-13H2,2-3H3,(H,21,22,26). The largest absolute Gasteiger partial charge is 0.486 e. The molecule has 0 aliphatic heterocycles. The maximum absolute atomic E-state index is 12.1. The van der Waals surface area contributed by atoms with Gasteiger partial charge in [-0.1, -0.05) is 43.8 Å². The molecule has 2 heterocycles. The Balaban J connectivity index is 1.60. The van der Waals surface area contributed by atoms with Gasteiger partial charge in [0.2, 0.25) is 5.91 Å². The Morgan fingerprint density at radius 1 is 1.34 bits per heavy atom. The highest BCUT2D eigenvalue weighted by Gasteiger charge is 2.14. The Bertz CT molecular complexity index is 936. The second kappa shape index (κ2) is 10.2. The van der Waals surface area contributed by atoms with Crippen molar-refractivity contribution in [2.75, 3.05) is 11.1 Å². The van der Waals surface area contributed by atoms with Crippen molar-refractivity contribution in [2.24, 2.45) is 0 Å². The molecule has 0 saturated carbocycles. The SMILES string of the molecule is C=CCn1c(COc2ccc(C(C)C)cc2)nnc1SCC(=O)Nc1nccs1. The number of hydrogen-bond donors (Lipinski definition) is 1. The van der Waals surface area contributed by atoms with Crippen LogP contribution in [0.3, 0.4) is 0 Å². The normalized spacial score (nSPS) is 10.9. The van der Waals surface area contributed by atoms with Gasteiger partial charge in [-0.2, -0.15) is 0 Å². The van der Waals surface area contributed by atoms with Gasteiger partial charge in [0.15, 0.2) is 16.1 Å². The number of nitrogens with zero attached hydrogens (tertiary/aromatic N) is 4. The second-order valence-corrected chi connectivity index (χ2v) is 8.32. The van der Waals surface area contributed by atoms with Crippen molar-refractivity contribution in [1.29, 1.82) is 0 Å². The number of hydrogen-bond acceptors (Lipinski definition) is 7. The summed E-state index contributed by atoms with van der Waals surface area (Å²) in [6.45, 7) is 8.93. The number of benzene rings is 1. The number of amides is 1. The zero-order valence-corrected chi connectivity index (χ0v) is 18.0. The molecule has 9 heteroatoms. The first-order valence-corrected chi connectivity index (χ1v) is 11.0. The highest BCUT2D eigenvalue weighted by atomic mass is 32.2. The Kier molecular flexibility index (Phi) is 7.42. The van der Waals surface area contributed by atoms with E-state index < -0.39 is 0 Å². The van der Waals surface area contributed by atoms with Gasteiger partial charge in [-0.05, 0) is 23.6 Å². The minimum absolute atomic E-state index is 0.138. The summed E-state index contributed by atoms with van der Waals surface area (Å²) in [6.07, 6.45) is 3.42. The third-order valence-corrected chi connectivity index (χ3v) is 5.69. The zero-order valence-electron chi connectivity index (χ0n) is 16.4. The van der Waals surface area contributed by atoms with Gasteiger partial charge in [-0.25, -0.2) is 4.98 Å². The molecule has 1 aromatic carbocycles. The number of carbonyl (C=O) groups excluding carboxylic acids is 1. The van der Waals surface area contributed by atoms with Crippen LogP contribution in [0.15, 0.2) is 53.7 Å². The topological polar surface area (TPSA) is 81.9 Å². The van der Waals surface area contributed by atoms with E-state index in [4.69, 9.17) is 4.74 Å². The smallest absolute Gasteiger partial charge is 0.236 e. The summed E-state index contributed by atoms with van der Waals surface area (Å²) in [5.74, 6) is 2.01. The van der Waals surface area contributed by atoms with Gasteiger partial charge < -0.3 is 10.1 Å². The number of carbonyl (C=O) groups is 1. The van der Waals surface area contributed by atoms with Crippen molar-refractivity contribution >= 4 is 34.1 Å². The molecular formula is C20H23N5O2S2. The monoisotopic (exact) mass is 429 g/mol. The summed E-state index contributed by atoms with van der Waals surface area (Å²) in [7, 11) is 0. The Hall–Kier alpha value is -2.65. The molecule has 1 amide bonds. The lowest BCUT2D eigenvalue weighted by molar-refractivity contribution is -0.113. The van der Waals surface area contributed by atoms with Crippen molar-refractivity contribution in [3.05, 3.63) is 59.9 Å². The van der Waals surface area contributed by atoms with Crippen molar-refractivity contribution in [3.63, 3.8) is 0 Å². The summed E-state index contributed by atoms with van der Waals surface area (Å²) in [6, 6.07) is 8.05. The van der Waals surface area contributed by atoms with Crippen LogP contribution in [-0.4, -0.2) is 31.4 Å². The average molecular weight is 430 g/mol. The number of ether oxygens (including phenoxy) is 1. The highest BCUT2D eigenvalue weighted by molar-refractivity contribution is 7.99. The molecule has 0 saturated heterocycles. The zero-order chi connectivity index (χ0) is 20.6. The van der Waals surface area contributed by atoms with Crippen LogP contribution in [0.1, 0.15) is 31.2 Å². The number of nitrogens with one attached hydrogen (secondary N) is 1. The fraction of sp³-hybridized carbons (Fsp3) is 0.300. The fourth-order valence-electron chi connectivity index (χ4n) is 2.51. The number of anilines is 1. The van der Waals surface area contributed by atoms with Crippen LogP contribution in [0, 0.1) is 0 Å². The maximum atomic E-state index is 12.1. The first-order valence-electron chi connectivity index (χ1n) is 9.14. The predicted molar refractivity (Wildman–Crippen MR) is 117 cm³/mol. The molecule has 0 unspecified atom stereocenters. The van der Waals surface area contributed by atoms with Crippen molar-refractivity contribution in [1.82, 2.24) is 19.7 Å². The van der Waals surface area contributed by atoms with E-state index in [0.29, 0.717) is 28.6 Å². The molecule has 3 aromatic rings. The van der Waals surface area contributed by atoms with Gasteiger partial charge in [0.05, 0.1) is 5.75 Å². The molecule has 0 atom stereocenters. The van der Waals surface area contributed by atoms with Gasteiger partial charge in [0.25, 0.3) is 0 Å². The summed E-state index contributed by atoms with van der Waals surface area (Å²) in [4.78, 5) is 16.1. The van der Waals surface area contributed by atoms with Crippen LogP contribution in [0.2, 0.25) is 0 Å². The molecular weight excluding hydrogens is 406 g/mol. The first kappa shape index (κ1) is 21.1. The third kappa shape index (κ3) is 5.91. The van der Waals surface area contributed by atoms with E-state index in [-0.39, 0.29) is 18.3 Å². The lowest BCUT2D eigenvalue weighted by Crippen LogP contribution is -2.14. The van der Waals surface area contributed by atoms with Crippen LogP contribution >= 0.6 is 23.1 Å². The quantitative estimate of drug-likeness (QED) is 0.381. The van der Waals surface area contributed by atoms with Crippen molar-refractivity contribution in [3.8, 4) is 5.75 Å². The summed E-state index contributed by atoms with van der Waals surface area (Å²) >= 11 is 2.70. The third-order valence-electron chi connectivity index (χ3n) is 4.03. The molecule has 152 valence electrons. The molecule has 0 spiro atoms. The summed E-state index contributed by atoms with van der Waals surface area (Å²) in [5.41, 5.74) is 1.27. The van der Waals surface area contributed by atoms with Crippen LogP contribution in [-0.2, 0) is 17.9 Å². The average Bonchev–Trinajstić information content (AvgIpc) is 3.35. The van der Waals surface area contributed by atoms with E-state index >= 15 is 0 Å². The predicted octanol–water partition coefficient (Wildman–Crippen LogP) is 4.35. The molecule has 0 radical (unpaired) electrons. The number of rotatable bonds is 10. The second-order valence-electron chi connectivity index (χ2n) is 6.48. The molecule has 0 aliphatic carbocycles. The highest BCUT2D eigenvalue weighted by Crippen LogP contribution is 2.21. The Labute approximate surface area is 178 Å². The van der Waals surface area contributed by atoms with E-state index in [9.17, 15) is 4.79 Å². The van der Waals surface area contributed by atoms with E-state index in [1.165, 1.54) is 28.7 Å². The molecule has 1 N–H and O–H groups in total. The minimum atomic E-state index is -0.138. The molecule has 0 aliphatic rings. The Morgan fingerprint density at radius 2 is 2.14 bits per heavy atom. The first-order chi connectivity index (χ1) is 14.1. The molecule has 0 fully saturated rings. The van der Waals surface area contributed by atoms with Crippen molar-refractivity contribution < 1.29 is 9.53 Å². The molecule has 0 bridgehead atoms. The number of aromatic nitrogens is 4. The number of thioether (sulfide) groups is 1. The molecule has 7 nitrogen and oxygen atoms in total. The van der Waals surface area contributed by atoms with Gasteiger partial charge in [-0.15, -0.1) is 28.1 Å². The number of allylic oxidation sites excluding steroid dienone is 1. The summed E-state index contributed by atoms with van der Waals surface area (Å²) in [5, 5.41) is 14.2. The lowest BCUT2D eigenvalue weighted by atomic mass is 10.0. The van der Waals surface area contributed by atoms with Gasteiger partial charge in [-0.3, -0.25) is 9.36 Å². The number of thiazole rings is 1. The van der Waals surface area contributed by atoms with Gasteiger partial charge >= 0.3 is 0 Å². The fourth-order valence-corrected chi connectivity index (χ4v) is 3.82.